The smallest absolute Gasteiger partial charge is 0.456 e. The molecule has 6 heteroatoms. The number of aryl methyl sites for hydroxylation is 1. The normalized spacial score (nSPS) is 11.8. The van der Waals surface area contributed by atoms with E-state index < -0.39 is 23.3 Å². The van der Waals surface area contributed by atoms with Crippen molar-refractivity contribution in [3.05, 3.63) is 27.7 Å². The molecule has 0 heterocycles. The van der Waals surface area contributed by atoms with Gasteiger partial charge in [-0.05, 0) is 76.0 Å². The molecule has 1 rings (SSSR count). The van der Waals surface area contributed by atoms with Crippen molar-refractivity contribution in [3.8, 4) is 5.75 Å². The standard InChI is InChI=1S/C17H23BrO5/c1-10-8-9-11(18)13(21-15(20)23-17(5,6)7)12(10)14(19)22-16(2,3)4/h8-9H,1-7H3. The minimum atomic E-state index is -0.881. The van der Waals surface area contributed by atoms with E-state index in [4.69, 9.17) is 14.2 Å². The fourth-order valence-electron chi connectivity index (χ4n) is 1.69. The van der Waals surface area contributed by atoms with Crippen LogP contribution in [0, 0.1) is 6.92 Å². The number of hydrogen-bond donors (Lipinski definition) is 0. The average molecular weight is 387 g/mol. The molecule has 0 unspecified atom stereocenters. The van der Waals surface area contributed by atoms with Crippen LogP contribution in [0.4, 0.5) is 4.79 Å². The highest BCUT2D eigenvalue weighted by Crippen LogP contribution is 2.33. The molecule has 0 atom stereocenters. The van der Waals surface area contributed by atoms with Crippen LogP contribution >= 0.6 is 15.9 Å². The summed E-state index contributed by atoms with van der Waals surface area (Å²) in [6, 6.07) is 3.44. The number of carbonyl (C=O) groups excluding carboxylic acids is 2. The minimum absolute atomic E-state index is 0.0912. The first kappa shape index (κ1) is 19.5. The Morgan fingerprint density at radius 3 is 1.96 bits per heavy atom. The molecule has 0 fully saturated rings. The summed E-state index contributed by atoms with van der Waals surface area (Å²) < 4.78 is 16.3. The second-order valence-electron chi connectivity index (χ2n) is 7.14. The van der Waals surface area contributed by atoms with Gasteiger partial charge in [0.25, 0.3) is 0 Å². The number of esters is 1. The van der Waals surface area contributed by atoms with Crippen molar-refractivity contribution < 1.29 is 23.8 Å². The average Bonchev–Trinajstić information content (AvgIpc) is 2.29. The molecule has 1 aromatic carbocycles. The summed E-state index contributed by atoms with van der Waals surface area (Å²) in [6.07, 6.45) is -0.881. The Morgan fingerprint density at radius 1 is 0.957 bits per heavy atom. The van der Waals surface area contributed by atoms with E-state index in [9.17, 15) is 9.59 Å². The molecule has 0 aromatic heterocycles. The summed E-state index contributed by atoms with van der Waals surface area (Å²) >= 11 is 3.30. The summed E-state index contributed by atoms with van der Waals surface area (Å²) in [4.78, 5) is 24.4. The Bertz CT molecular complexity index is 609. The zero-order valence-electron chi connectivity index (χ0n) is 14.6. The SMILES string of the molecule is Cc1ccc(Br)c(OC(=O)OC(C)(C)C)c1C(=O)OC(C)(C)C. The third-order valence-corrected chi connectivity index (χ3v) is 3.12. The van der Waals surface area contributed by atoms with Gasteiger partial charge in [-0.3, -0.25) is 0 Å². The van der Waals surface area contributed by atoms with E-state index in [0.29, 0.717) is 10.0 Å². The van der Waals surface area contributed by atoms with Gasteiger partial charge in [-0.25, -0.2) is 9.59 Å². The van der Waals surface area contributed by atoms with Crippen molar-refractivity contribution >= 4 is 28.1 Å². The number of carbonyl (C=O) groups is 2. The lowest BCUT2D eigenvalue weighted by Crippen LogP contribution is -2.28. The highest BCUT2D eigenvalue weighted by Gasteiger charge is 2.27. The van der Waals surface area contributed by atoms with Gasteiger partial charge in [0, 0.05) is 0 Å². The molecule has 128 valence electrons. The molecule has 0 aliphatic rings. The van der Waals surface area contributed by atoms with Gasteiger partial charge >= 0.3 is 12.1 Å². The molecule has 0 aliphatic carbocycles. The zero-order chi connectivity index (χ0) is 18.0. The fourth-order valence-corrected chi connectivity index (χ4v) is 2.10. The van der Waals surface area contributed by atoms with E-state index in [1.54, 1.807) is 60.6 Å². The highest BCUT2D eigenvalue weighted by molar-refractivity contribution is 9.10. The van der Waals surface area contributed by atoms with Crippen LogP contribution in [0.3, 0.4) is 0 Å². The molecule has 0 radical (unpaired) electrons. The van der Waals surface area contributed by atoms with Gasteiger partial charge in [0.15, 0.2) is 5.75 Å². The van der Waals surface area contributed by atoms with Crippen LogP contribution in [0.5, 0.6) is 5.75 Å². The molecular weight excluding hydrogens is 364 g/mol. The maximum absolute atomic E-state index is 12.4. The molecule has 0 spiro atoms. The van der Waals surface area contributed by atoms with Crippen molar-refractivity contribution in [2.45, 2.75) is 59.7 Å². The molecule has 0 saturated heterocycles. The van der Waals surface area contributed by atoms with Crippen LogP contribution in [0.2, 0.25) is 0 Å². The number of rotatable bonds is 2. The van der Waals surface area contributed by atoms with E-state index in [0.717, 1.165) is 0 Å². The van der Waals surface area contributed by atoms with E-state index >= 15 is 0 Å². The lowest BCUT2D eigenvalue weighted by Gasteiger charge is -2.22. The van der Waals surface area contributed by atoms with Crippen LogP contribution in [-0.2, 0) is 9.47 Å². The number of ether oxygens (including phenoxy) is 3. The molecular formula is C17H23BrO5. The summed E-state index contributed by atoms with van der Waals surface area (Å²) in [5.41, 5.74) is -0.518. The van der Waals surface area contributed by atoms with Gasteiger partial charge in [-0.2, -0.15) is 0 Å². The highest BCUT2D eigenvalue weighted by atomic mass is 79.9. The first-order valence-corrected chi connectivity index (χ1v) is 8.03. The molecule has 0 N–H and O–H groups in total. The Hall–Kier alpha value is -1.56. The third kappa shape index (κ3) is 6.22. The lowest BCUT2D eigenvalue weighted by molar-refractivity contribution is 0.00599. The summed E-state index contributed by atoms with van der Waals surface area (Å²) in [5, 5.41) is 0. The maximum Gasteiger partial charge on any atom is 0.514 e. The Balaban J connectivity index is 3.19. The van der Waals surface area contributed by atoms with Crippen molar-refractivity contribution in [3.63, 3.8) is 0 Å². The molecule has 0 amide bonds. The van der Waals surface area contributed by atoms with Crippen LogP contribution in [0.15, 0.2) is 16.6 Å². The molecule has 5 nitrogen and oxygen atoms in total. The monoisotopic (exact) mass is 386 g/mol. The second kappa shape index (κ2) is 6.91. The third-order valence-electron chi connectivity index (χ3n) is 2.50. The summed E-state index contributed by atoms with van der Waals surface area (Å²) in [6.45, 7) is 12.2. The minimum Gasteiger partial charge on any atom is -0.456 e. The molecule has 0 bridgehead atoms. The second-order valence-corrected chi connectivity index (χ2v) is 7.99. The zero-order valence-corrected chi connectivity index (χ0v) is 16.2. The molecule has 1 aromatic rings. The van der Waals surface area contributed by atoms with Gasteiger partial charge in [-0.1, -0.05) is 6.07 Å². The number of hydrogen-bond acceptors (Lipinski definition) is 5. The van der Waals surface area contributed by atoms with Gasteiger partial charge in [0.2, 0.25) is 0 Å². The van der Waals surface area contributed by atoms with Crippen LogP contribution in [0.1, 0.15) is 57.5 Å². The van der Waals surface area contributed by atoms with E-state index in [1.165, 1.54) is 0 Å². The quantitative estimate of drug-likeness (QED) is 0.526. The first-order valence-electron chi connectivity index (χ1n) is 7.23. The number of halogens is 1. The van der Waals surface area contributed by atoms with Gasteiger partial charge < -0.3 is 14.2 Å². The number of benzene rings is 1. The fraction of sp³-hybridized carbons (Fsp3) is 0.529. The predicted molar refractivity (Wildman–Crippen MR) is 90.9 cm³/mol. The summed E-state index contributed by atoms with van der Waals surface area (Å²) in [7, 11) is 0. The largest absolute Gasteiger partial charge is 0.514 e. The van der Waals surface area contributed by atoms with Gasteiger partial charge in [-0.15, -0.1) is 0 Å². The Morgan fingerprint density at radius 2 is 1.48 bits per heavy atom. The van der Waals surface area contributed by atoms with E-state index in [-0.39, 0.29) is 11.3 Å². The predicted octanol–water partition coefficient (Wildman–Crippen LogP) is 5.03. The molecule has 0 aliphatic heterocycles. The maximum atomic E-state index is 12.4. The van der Waals surface area contributed by atoms with Crippen LogP contribution in [0.25, 0.3) is 0 Å². The van der Waals surface area contributed by atoms with Gasteiger partial charge in [0.1, 0.15) is 16.8 Å². The van der Waals surface area contributed by atoms with E-state index in [2.05, 4.69) is 15.9 Å². The van der Waals surface area contributed by atoms with Crippen molar-refractivity contribution in [2.24, 2.45) is 0 Å². The Labute approximate surface area is 145 Å². The van der Waals surface area contributed by atoms with Gasteiger partial charge in [0.05, 0.1) is 4.47 Å². The van der Waals surface area contributed by atoms with Crippen LogP contribution < -0.4 is 4.74 Å². The molecule has 0 saturated carbocycles. The topological polar surface area (TPSA) is 61.8 Å². The van der Waals surface area contributed by atoms with Crippen molar-refractivity contribution in [1.82, 2.24) is 0 Å². The van der Waals surface area contributed by atoms with Crippen molar-refractivity contribution in [2.75, 3.05) is 0 Å². The lowest BCUT2D eigenvalue weighted by atomic mass is 10.1. The Kier molecular flexibility index (Phi) is 5.85. The summed E-state index contributed by atoms with van der Waals surface area (Å²) in [5.74, 6) is -0.469. The van der Waals surface area contributed by atoms with Crippen LogP contribution in [-0.4, -0.2) is 23.3 Å². The van der Waals surface area contributed by atoms with Crippen molar-refractivity contribution in [1.29, 1.82) is 0 Å². The van der Waals surface area contributed by atoms with E-state index in [1.807, 2.05) is 0 Å². The first-order chi connectivity index (χ1) is 10.3. The molecule has 23 heavy (non-hydrogen) atoms.